The number of carbonyl (C=O) groups excluding carboxylic acids is 2. The number of aryl methyl sites for hydroxylation is 1. The molecule has 6 aliphatic rings. The van der Waals surface area contributed by atoms with E-state index in [9.17, 15) is 9.59 Å². The summed E-state index contributed by atoms with van der Waals surface area (Å²) in [7, 11) is 0. The van der Waals surface area contributed by atoms with Crippen molar-refractivity contribution < 1.29 is 14.3 Å². The molecule has 3 aromatic carbocycles. The number of amides is 3. The molecule has 1 spiro atoms. The molecule has 0 saturated carbocycles. The van der Waals surface area contributed by atoms with Crippen LogP contribution in [-0.2, 0) is 4.79 Å². The Bertz CT molecular complexity index is 2450. The Morgan fingerprint density at radius 1 is 0.948 bits per heavy atom. The van der Waals surface area contributed by atoms with Crippen molar-refractivity contribution in [3.05, 3.63) is 107 Å². The Morgan fingerprint density at radius 2 is 1.78 bits per heavy atom. The molecule has 1 unspecified atom stereocenters. The van der Waals surface area contributed by atoms with E-state index in [2.05, 4.69) is 111 Å². The molecule has 4 aromatic rings. The van der Waals surface area contributed by atoms with Crippen molar-refractivity contribution in [3.8, 4) is 17.0 Å². The van der Waals surface area contributed by atoms with E-state index in [4.69, 9.17) is 9.73 Å². The van der Waals surface area contributed by atoms with Crippen molar-refractivity contribution in [1.29, 1.82) is 0 Å². The van der Waals surface area contributed by atoms with Gasteiger partial charge in [0.15, 0.2) is 0 Å². The lowest BCUT2D eigenvalue weighted by atomic mass is 9.71. The number of urea groups is 1. The molecule has 6 heterocycles. The van der Waals surface area contributed by atoms with Crippen molar-refractivity contribution >= 4 is 57.9 Å². The second kappa shape index (κ2) is 14.7. The highest BCUT2D eigenvalue weighted by atomic mass is 16.5. The molecule has 3 fully saturated rings. The van der Waals surface area contributed by atoms with E-state index < -0.39 is 0 Å². The largest absolute Gasteiger partial charge is 0.474 e. The van der Waals surface area contributed by atoms with E-state index in [1.807, 2.05) is 24.4 Å². The fourth-order valence-electron chi connectivity index (χ4n) is 9.57. The van der Waals surface area contributed by atoms with Gasteiger partial charge in [0, 0.05) is 92.2 Å². The maximum Gasteiger partial charge on any atom is 0.328 e. The molecular weight excluding hydrogens is 725 g/mol. The van der Waals surface area contributed by atoms with Crippen molar-refractivity contribution in [3.63, 3.8) is 0 Å². The van der Waals surface area contributed by atoms with Crippen LogP contribution in [0.4, 0.5) is 33.2 Å². The number of amidine groups is 1. The van der Waals surface area contributed by atoms with Gasteiger partial charge in [-0.2, -0.15) is 0 Å². The van der Waals surface area contributed by atoms with Crippen molar-refractivity contribution in [2.45, 2.75) is 52.0 Å². The molecule has 3 saturated heterocycles. The lowest BCUT2D eigenvalue weighted by Gasteiger charge is -2.56. The number of likely N-dealkylation sites (tertiary alicyclic amines) is 1. The third-order valence-corrected chi connectivity index (χ3v) is 12.9. The number of benzene rings is 3. The molecule has 1 aliphatic carbocycles. The van der Waals surface area contributed by atoms with Gasteiger partial charge in [-0.1, -0.05) is 30.3 Å². The quantitative estimate of drug-likeness (QED) is 0.169. The third-order valence-electron chi connectivity index (χ3n) is 12.9. The molecule has 294 valence electrons. The summed E-state index contributed by atoms with van der Waals surface area (Å²) in [5.74, 6) is 1.20. The second-order valence-corrected chi connectivity index (χ2v) is 16.6. The summed E-state index contributed by atoms with van der Waals surface area (Å²) in [6.45, 7) is 10.4. The van der Waals surface area contributed by atoms with E-state index in [1.165, 1.54) is 42.8 Å². The number of piperidine rings is 1. The number of hydrogen-bond donors (Lipinski definition) is 3. The molecule has 10 rings (SSSR count). The number of fused-ring (bicyclic) bond motifs is 2. The number of ether oxygens (including phenoxy) is 1. The summed E-state index contributed by atoms with van der Waals surface area (Å²) >= 11 is 0. The van der Waals surface area contributed by atoms with Crippen LogP contribution in [0.3, 0.4) is 0 Å². The van der Waals surface area contributed by atoms with Gasteiger partial charge in [0.1, 0.15) is 18.1 Å². The van der Waals surface area contributed by atoms with Crippen LogP contribution in [0.5, 0.6) is 5.88 Å². The van der Waals surface area contributed by atoms with Crippen molar-refractivity contribution in [2.24, 2.45) is 10.4 Å². The molecule has 3 amide bonds. The Hall–Kier alpha value is -6.16. The number of imide groups is 1. The average Bonchev–Trinajstić information content (AvgIpc) is 3.62. The highest BCUT2D eigenvalue weighted by Gasteiger charge is 2.47. The normalized spacial score (nSPS) is 20.9. The molecule has 0 radical (unpaired) electrons. The van der Waals surface area contributed by atoms with Crippen molar-refractivity contribution in [2.75, 3.05) is 66.3 Å². The first kappa shape index (κ1) is 36.2. The second-order valence-electron chi connectivity index (χ2n) is 16.6. The monoisotopic (exact) mass is 772 g/mol. The fourth-order valence-corrected chi connectivity index (χ4v) is 9.57. The first-order valence-corrected chi connectivity index (χ1v) is 20.6. The van der Waals surface area contributed by atoms with Crippen LogP contribution >= 0.6 is 0 Å². The van der Waals surface area contributed by atoms with Crippen LogP contribution in [0.25, 0.3) is 22.8 Å². The molecule has 58 heavy (non-hydrogen) atoms. The predicted octanol–water partition coefficient (Wildman–Crippen LogP) is 8.09. The van der Waals surface area contributed by atoms with Gasteiger partial charge in [-0.3, -0.25) is 19.9 Å². The van der Waals surface area contributed by atoms with Crippen LogP contribution in [0.15, 0.2) is 89.7 Å². The van der Waals surface area contributed by atoms with E-state index in [1.54, 1.807) is 4.90 Å². The highest BCUT2D eigenvalue weighted by Crippen LogP contribution is 2.46. The minimum absolute atomic E-state index is 0.208. The lowest BCUT2D eigenvalue weighted by Crippen LogP contribution is -2.62. The Kier molecular flexibility index (Phi) is 9.14. The Labute approximate surface area is 339 Å². The number of hydrogen-bond acceptors (Lipinski definition) is 9. The number of aliphatic imine (C=N–C) groups is 1. The van der Waals surface area contributed by atoms with Crippen molar-refractivity contribution in [1.82, 2.24) is 15.2 Å². The van der Waals surface area contributed by atoms with Gasteiger partial charge in [0.25, 0.3) is 0 Å². The molecule has 5 aliphatic heterocycles. The van der Waals surface area contributed by atoms with Gasteiger partial charge in [-0.25, -0.2) is 14.8 Å². The smallest absolute Gasteiger partial charge is 0.328 e. The topological polar surface area (TPSA) is 114 Å². The molecule has 11 heteroatoms. The van der Waals surface area contributed by atoms with Gasteiger partial charge in [-0.15, -0.1) is 5.73 Å². The first-order valence-electron chi connectivity index (χ1n) is 20.6. The SMILES string of the molecule is Cc1cc(N2CCC3(CC2)CN(C2CC=C(c4ccc(NC5=Nc6cc(-c7cnc8c(c7C)NCCO8)ccc6C=C=C5)cc4)C2)C3)ccc1N1CCC(=O)NC1=O. The maximum absolute atomic E-state index is 12.4. The number of nitrogens with one attached hydrogen (secondary N) is 3. The first-order chi connectivity index (χ1) is 28.3. The summed E-state index contributed by atoms with van der Waals surface area (Å²) in [4.78, 5) is 40.5. The molecule has 0 bridgehead atoms. The van der Waals surface area contributed by atoms with E-state index in [0.29, 0.717) is 36.9 Å². The van der Waals surface area contributed by atoms with E-state index in [0.717, 1.165) is 88.9 Å². The fraction of sp³-hybridized carbons (Fsp3) is 0.340. The van der Waals surface area contributed by atoms with Crippen LogP contribution in [0.2, 0.25) is 0 Å². The lowest BCUT2D eigenvalue weighted by molar-refractivity contribution is -0.120. The van der Waals surface area contributed by atoms with E-state index in [-0.39, 0.29) is 11.9 Å². The summed E-state index contributed by atoms with van der Waals surface area (Å²) < 4.78 is 5.74. The van der Waals surface area contributed by atoms with Gasteiger partial charge >= 0.3 is 6.03 Å². The Morgan fingerprint density at radius 3 is 2.59 bits per heavy atom. The van der Waals surface area contributed by atoms with E-state index >= 15 is 0 Å². The summed E-state index contributed by atoms with van der Waals surface area (Å²) in [6, 6.07) is 21.7. The maximum atomic E-state index is 12.4. The van der Waals surface area contributed by atoms with Gasteiger partial charge in [0.05, 0.1) is 5.69 Å². The number of nitrogens with zero attached hydrogens (tertiary/aromatic N) is 5. The molecule has 1 atom stereocenters. The zero-order valence-electron chi connectivity index (χ0n) is 33.1. The number of pyridine rings is 1. The van der Waals surface area contributed by atoms with Gasteiger partial charge in [-0.05, 0) is 115 Å². The van der Waals surface area contributed by atoms with Gasteiger partial charge < -0.3 is 20.3 Å². The zero-order chi connectivity index (χ0) is 39.4. The molecule has 3 N–H and O–H groups in total. The molecule has 11 nitrogen and oxygen atoms in total. The highest BCUT2D eigenvalue weighted by molar-refractivity contribution is 6.07. The standard InChI is InChI=1S/C47H48N8O3/c1-30-24-37(14-15-41(30)55-20-16-43(56)52-46(55)57)53-21-17-47(18-22-53)28-54(29-47)38-13-10-34(25-38)32-8-11-36(12-9-32)50-42-5-3-4-33-6-7-35(26-40(33)51-42)39-27-49-45-44(31(39)2)48-19-23-58-45/h4-12,14-15,24,26-27,38,48H,13,16-23,25,28-29H2,1-2H3,(H,50,51)(H,52,56,57). The summed E-state index contributed by atoms with van der Waals surface area (Å²) in [5, 5.41) is 9.40. The summed E-state index contributed by atoms with van der Waals surface area (Å²) in [5.41, 5.74) is 16.7. The molecular formula is C47H48N8O3. The van der Waals surface area contributed by atoms with Gasteiger partial charge in [0.2, 0.25) is 11.8 Å². The van der Waals surface area contributed by atoms with Crippen LogP contribution in [0, 0.1) is 19.3 Å². The minimum Gasteiger partial charge on any atom is -0.474 e. The number of anilines is 4. The predicted molar refractivity (Wildman–Crippen MR) is 231 cm³/mol. The minimum atomic E-state index is -0.333. The van der Waals surface area contributed by atoms with Crippen LogP contribution < -0.4 is 30.5 Å². The average molecular weight is 773 g/mol. The zero-order valence-corrected chi connectivity index (χ0v) is 33.1. The third kappa shape index (κ3) is 6.84. The number of rotatable bonds is 6. The van der Waals surface area contributed by atoms with Crippen LogP contribution in [0.1, 0.15) is 54.4 Å². The number of carbonyl (C=O) groups is 2. The Balaban J connectivity index is 0.727. The van der Waals surface area contributed by atoms with Crippen LogP contribution in [-0.4, -0.2) is 79.6 Å². The number of aromatic nitrogens is 1. The summed E-state index contributed by atoms with van der Waals surface area (Å²) in [6.07, 6.45) is 13.1. The molecule has 1 aromatic heterocycles.